The third kappa shape index (κ3) is 1.03. The minimum Gasteiger partial charge on any atom is -0.480 e. The highest BCUT2D eigenvalue weighted by atomic mass is 16.4. The van der Waals surface area contributed by atoms with Gasteiger partial charge in [-0.15, -0.1) is 0 Å². The van der Waals surface area contributed by atoms with Gasteiger partial charge in [0.25, 0.3) is 0 Å². The van der Waals surface area contributed by atoms with E-state index in [-0.39, 0.29) is 23.7 Å². The van der Waals surface area contributed by atoms with E-state index in [0.29, 0.717) is 0 Å². The monoisotopic (exact) mass is 197 g/mol. The van der Waals surface area contributed by atoms with Gasteiger partial charge < -0.3 is 5.11 Å². The Morgan fingerprint density at radius 2 is 2.29 bits per heavy atom. The summed E-state index contributed by atoms with van der Waals surface area (Å²) in [5, 5.41) is 8.99. The van der Waals surface area contributed by atoms with Gasteiger partial charge in [-0.1, -0.05) is 6.92 Å². The second kappa shape index (κ2) is 3.05. The van der Waals surface area contributed by atoms with Crippen molar-refractivity contribution in [1.29, 1.82) is 0 Å². The normalized spacial score (nSPS) is 42.0. The van der Waals surface area contributed by atoms with Crippen LogP contribution in [0.25, 0.3) is 0 Å². The van der Waals surface area contributed by atoms with Crippen molar-refractivity contribution in [2.45, 2.75) is 31.8 Å². The van der Waals surface area contributed by atoms with Gasteiger partial charge in [0.15, 0.2) is 0 Å². The van der Waals surface area contributed by atoms with Crippen LogP contribution in [0, 0.1) is 11.8 Å². The van der Waals surface area contributed by atoms with E-state index in [9.17, 15) is 9.59 Å². The highest BCUT2D eigenvalue weighted by Crippen LogP contribution is 2.43. The Balaban J connectivity index is 2.26. The summed E-state index contributed by atoms with van der Waals surface area (Å²) in [5.41, 5.74) is 0. The highest BCUT2D eigenvalue weighted by Gasteiger charge is 2.57. The molecule has 2 fully saturated rings. The third-order valence-electron chi connectivity index (χ3n) is 3.73. The molecule has 1 N–H and O–H groups in total. The Labute approximate surface area is 82.9 Å². The maximum atomic E-state index is 11.8. The fourth-order valence-electron chi connectivity index (χ4n) is 3.05. The second-order valence-corrected chi connectivity index (χ2v) is 4.28. The van der Waals surface area contributed by atoms with Crippen LogP contribution in [0.2, 0.25) is 0 Å². The van der Waals surface area contributed by atoms with E-state index in [4.69, 9.17) is 5.11 Å². The van der Waals surface area contributed by atoms with Gasteiger partial charge in [0.2, 0.25) is 0 Å². The molecule has 4 nitrogen and oxygen atoms in total. The predicted octanol–water partition coefficient (Wildman–Crippen LogP) is 0.369. The lowest BCUT2D eigenvalue weighted by Gasteiger charge is -2.33. The van der Waals surface area contributed by atoms with E-state index >= 15 is 0 Å². The number of carbonyl (C=O) groups excluding carboxylic acids is 1. The zero-order valence-corrected chi connectivity index (χ0v) is 8.43. The Morgan fingerprint density at radius 1 is 1.64 bits per heavy atom. The molecule has 1 saturated carbocycles. The van der Waals surface area contributed by atoms with Crippen LogP contribution < -0.4 is 0 Å². The molecule has 2 unspecified atom stereocenters. The molecule has 1 aliphatic heterocycles. The number of carbonyl (C=O) groups is 2. The van der Waals surface area contributed by atoms with Gasteiger partial charge in [-0.3, -0.25) is 14.5 Å². The number of hydrogen-bond donors (Lipinski definition) is 1. The number of nitrogens with zero attached hydrogens (tertiary/aromatic N) is 1. The minimum atomic E-state index is -0.858. The predicted molar refractivity (Wildman–Crippen MR) is 49.9 cm³/mol. The molecule has 0 spiro atoms. The van der Waals surface area contributed by atoms with Gasteiger partial charge in [0.1, 0.15) is 11.8 Å². The number of ketones is 1. The van der Waals surface area contributed by atoms with Crippen LogP contribution in [0.3, 0.4) is 0 Å². The molecule has 2 aliphatic rings. The number of aliphatic carboxylic acids is 1. The van der Waals surface area contributed by atoms with Crippen LogP contribution in [-0.2, 0) is 9.59 Å². The van der Waals surface area contributed by atoms with Crippen molar-refractivity contribution in [3.05, 3.63) is 0 Å². The highest BCUT2D eigenvalue weighted by molar-refractivity contribution is 5.93. The number of likely N-dealkylation sites (N-methyl/N-ethyl adjacent to an activating group) is 1. The number of rotatable bonds is 2. The van der Waals surface area contributed by atoms with Crippen molar-refractivity contribution >= 4 is 11.8 Å². The van der Waals surface area contributed by atoms with Crippen molar-refractivity contribution < 1.29 is 14.7 Å². The van der Waals surface area contributed by atoms with Gasteiger partial charge in [-0.05, 0) is 19.9 Å². The number of fused-ring (bicyclic) bond motifs is 2. The van der Waals surface area contributed by atoms with Crippen LogP contribution in [0.5, 0.6) is 0 Å². The molecule has 0 aromatic rings. The average molecular weight is 197 g/mol. The van der Waals surface area contributed by atoms with Crippen LogP contribution in [0.4, 0.5) is 0 Å². The van der Waals surface area contributed by atoms with Crippen LogP contribution in [0.15, 0.2) is 0 Å². The first kappa shape index (κ1) is 9.65. The summed E-state index contributed by atoms with van der Waals surface area (Å²) in [6.45, 7) is 1.99. The van der Waals surface area contributed by atoms with Gasteiger partial charge in [-0.25, -0.2) is 0 Å². The lowest BCUT2D eigenvalue weighted by atomic mass is 9.90. The van der Waals surface area contributed by atoms with E-state index in [2.05, 4.69) is 0 Å². The smallest absolute Gasteiger partial charge is 0.321 e. The molecular formula is C10H15NO3. The molecule has 2 bridgehead atoms. The largest absolute Gasteiger partial charge is 0.480 e. The molecule has 0 aromatic heterocycles. The Morgan fingerprint density at radius 3 is 2.79 bits per heavy atom. The second-order valence-electron chi connectivity index (χ2n) is 4.28. The van der Waals surface area contributed by atoms with Crippen molar-refractivity contribution in [1.82, 2.24) is 4.90 Å². The van der Waals surface area contributed by atoms with Gasteiger partial charge in [0, 0.05) is 17.9 Å². The van der Waals surface area contributed by atoms with Crippen molar-refractivity contribution in [3.8, 4) is 0 Å². The SMILES string of the molecule is CCC1C(=O)[C@H]2C[C@@H]1N(C)C2C(=O)O. The average Bonchev–Trinajstić information content (AvgIpc) is 2.59. The fourth-order valence-corrected chi connectivity index (χ4v) is 3.05. The summed E-state index contributed by atoms with van der Waals surface area (Å²) in [6.07, 6.45) is 1.57. The summed E-state index contributed by atoms with van der Waals surface area (Å²) >= 11 is 0. The molecular weight excluding hydrogens is 182 g/mol. The first-order valence-electron chi connectivity index (χ1n) is 5.06. The van der Waals surface area contributed by atoms with Crippen molar-refractivity contribution in [2.24, 2.45) is 11.8 Å². The summed E-state index contributed by atoms with van der Waals surface area (Å²) in [4.78, 5) is 24.6. The molecule has 4 atom stereocenters. The molecule has 14 heavy (non-hydrogen) atoms. The van der Waals surface area contributed by atoms with Gasteiger partial charge >= 0.3 is 5.97 Å². The molecule has 0 radical (unpaired) electrons. The Bertz CT molecular complexity index is 289. The molecule has 2 rings (SSSR count). The summed E-state index contributed by atoms with van der Waals surface area (Å²) < 4.78 is 0. The molecule has 78 valence electrons. The summed E-state index contributed by atoms with van der Waals surface area (Å²) in [6, 6.07) is -0.408. The zero-order valence-electron chi connectivity index (χ0n) is 8.43. The molecule has 4 heteroatoms. The first-order valence-corrected chi connectivity index (χ1v) is 5.06. The lowest BCUT2D eigenvalue weighted by Crippen LogP contribution is -2.50. The Kier molecular flexibility index (Phi) is 2.10. The minimum absolute atomic E-state index is 0.0700. The molecule has 1 heterocycles. The fraction of sp³-hybridized carbons (Fsp3) is 0.800. The third-order valence-corrected chi connectivity index (χ3v) is 3.73. The maximum Gasteiger partial charge on any atom is 0.321 e. The maximum absolute atomic E-state index is 11.8. The number of piperidine rings is 1. The number of carboxylic acid groups (broad SMARTS) is 1. The standard InChI is InChI=1S/C10H15NO3/c1-3-5-7-4-6(9(5)12)8(10(13)14)11(7)2/h5-8H,3-4H2,1-2H3,(H,13,14)/t5?,6-,7-,8?/m0/s1. The number of carboxylic acids is 1. The number of Topliss-reactive ketones (excluding diaryl/α,β-unsaturated/α-hetero) is 1. The lowest BCUT2D eigenvalue weighted by molar-refractivity contribution is -0.149. The number of likely N-dealkylation sites (tertiary alicyclic amines) is 1. The van der Waals surface area contributed by atoms with Crippen LogP contribution in [-0.4, -0.2) is 40.9 Å². The molecule has 0 amide bonds. The van der Waals surface area contributed by atoms with Crippen molar-refractivity contribution in [3.63, 3.8) is 0 Å². The van der Waals surface area contributed by atoms with Gasteiger partial charge in [0.05, 0.1) is 0 Å². The van der Waals surface area contributed by atoms with Crippen LogP contribution in [0.1, 0.15) is 19.8 Å². The Hall–Kier alpha value is -0.900. The van der Waals surface area contributed by atoms with E-state index in [1.54, 1.807) is 0 Å². The molecule has 1 aliphatic carbocycles. The van der Waals surface area contributed by atoms with E-state index in [0.717, 1.165) is 12.8 Å². The van der Waals surface area contributed by atoms with E-state index in [1.165, 1.54) is 0 Å². The topological polar surface area (TPSA) is 57.6 Å². The van der Waals surface area contributed by atoms with Crippen molar-refractivity contribution in [2.75, 3.05) is 7.05 Å². The van der Waals surface area contributed by atoms with E-state index in [1.807, 2.05) is 18.9 Å². The first-order chi connectivity index (χ1) is 6.57. The van der Waals surface area contributed by atoms with Gasteiger partial charge in [-0.2, -0.15) is 0 Å². The summed E-state index contributed by atoms with van der Waals surface area (Å²) in [7, 11) is 1.82. The number of hydrogen-bond acceptors (Lipinski definition) is 3. The zero-order chi connectivity index (χ0) is 10.5. The molecule has 1 saturated heterocycles. The summed E-state index contributed by atoms with van der Waals surface area (Å²) in [5.74, 6) is -0.876. The van der Waals surface area contributed by atoms with E-state index < -0.39 is 12.0 Å². The quantitative estimate of drug-likeness (QED) is 0.694. The molecule has 0 aromatic carbocycles. The van der Waals surface area contributed by atoms with Crippen LogP contribution >= 0.6 is 0 Å².